The molecule has 0 radical (unpaired) electrons. The lowest BCUT2D eigenvalue weighted by Crippen LogP contribution is -2.33. The molecular formula is C17H20N2O4. The highest BCUT2D eigenvalue weighted by Crippen LogP contribution is 2.41. The monoisotopic (exact) mass is 316 g/mol. The summed E-state index contributed by atoms with van der Waals surface area (Å²) in [5.41, 5.74) is 3.02. The summed E-state index contributed by atoms with van der Waals surface area (Å²) in [6, 6.07) is 3.59. The highest BCUT2D eigenvalue weighted by molar-refractivity contribution is 5.99. The summed E-state index contributed by atoms with van der Waals surface area (Å²) in [5.74, 6) is -1.52. The van der Waals surface area contributed by atoms with E-state index in [2.05, 4.69) is 4.98 Å². The molecule has 0 unspecified atom stereocenters. The van der Waals surface area contributed by atoms with Crippen LogP contribution in [0.1, 0.15) is 25.3 Å². The Morgan fingerprint density at radius 2 is 1.61 bits per heavy atom. The van der Waals surface area contributed by atoms with E-state index in [1.807, 2.05) is 19.9 Å². The molecule has 1 aliphatic heterocycles. The molecule has 0 fully saturated rings. The van der Waals surface area contributed by atoms with E-state index in [1.54, 1.807) is 30.4 Å². The van der Waals surface area contributed by atoms with Crippen molar-refractivity contribution in [1.82, 2.24) is 9.88 Å². The minimum atomic E-state index is -0.570. The number of allylic oxidation sites excluding steroid dienone is 2. The SMILES string of the molecule is COC(=O)C1=C(C)N(C)C(C)=C(C(=O)OC)C1c1cccnc1. The van der Waals surface area contributed by atoms with Crippen LogP contribution in [0.4, 0.5) is 0 Å². The van der Waals surface area contributed by atoms with Gasteiger partial charge in [0.2, 0.25) is 0 Å². The van der Waals surface area contributed by atoms with Crippen LogP contribution in [0.3, 0.4) is 0 Å². The topological polar surface area (TPSA) is 68.7 Å². The van der Waals surface area contributed by atoms with Gasteiger partial charge < -0.3 is 14.4 Å². The van der Waals surface area contributed by atoms with E-state index < -0.39 is 17.9 Å². The highest BCUT2D eigenvalue weighted by Gasteiger charge is 2.39. The summed E-state index contributed by atoms with van der Waals surface area (Å²) < 4.78 is 9.88. The van der Waals surface area contributed by atoms with Gasteiger partial charge in [0.15, 0.2) is 0 Å². The van der Waals surface area contributed by atoms with Gasteiger partial charge in [0.05, 0.1) is 31.3 Å². The molecule has 0 saturated heterocycles. The summed E-state index contributed by atoms with van der Waals surface area (Å²) in [6.45, 7) is 3.65. The number of rotatable bonds is 3. The number of pyridine rings is 1. The van der Waals surface area contributed by atoms with Crippen LogP contribution in [0.2, 0.25) is 0 Å². The van der Waals surface area contributed by atoms with E-state index in [4.69, 9.17) is 9.47 Å². The lowest BCUT2D eigenvalue weighted by atomic mass is 9.80. The summed E-state index contributed by atoms with van der Waals surface area (Å²) in [4.78, 5) is 30.6. The van der Waals surface area contributed by atoms with E-state index in [0.717, 1.165) is 17.0 Å². The summed E-state index contributed by atoms with van der Waals surface area (Å²) in [5, 5.41) is 0. The molecule has 0 saturated carbocycles. The molecule has 0 atom stereocenters. The van der Waals surface area contributed by atoms with Gasteiger partial charge in [-0.2, -0.15) is 0 Å². The van der Waals surface area contributed by atoms with Crippen molar-refractivity contribution in [2.45, 2.75) is 19.8 Å². The Morgan fingerprint density at radius 3 is 2.00 bits per heavy atom. The predicted molar refractivity (Wildman–Crippen MR) is 84.2 cm³/mol. The molecule has 6 nitrogen and oxygen atoms in total. The van der Waals surface area contributed by atoms with Crippen LogP contribution < -0.4 is 0 Å². The maximum absolute atomic E-state index is 12.4. The van der Waals surface area contributed by atoms with Gasteiger partial charge in [-0.15, -0.1) is 0 Å². The Labute approximate surface area is 135 Å². The number of carbonyl (C=O) groups is 2. The van der Waals surface area contributed by atoms with Crippen molar-refractivity contribution in [1.29, 1.82) is 0 Å². The molecule has 1 aliphatic rings. The quantitative estimate of drug-likeness (QED) is 0.795. The maximum atomic E-state index is 12.4. The van der Waals surface area contributed by atoms with Crippen LogP contribution in [0.25, 0.3) is 0 Å². The van der Waals surface area contributed by atoms with Gasteiger partial charge in [0.1, 0.15) is 0 Å². The summed E-state index contributed by atoms with van der Waals surface area (Å²) >= 11 is 0. The van der Waals surface area contributed by atoms with Gasteiger partial charge in [0.25, 0.3) is 0 Å². The molecular weight excluding hydrogens is 296 g/mol. The Hall–Kier alpha value is -2.63. The van der Waals surface area contributed by atoms with E-state index >= 15 is 0 Å². The van der Waals surface area contributed by atoms with Crippen LogP contribution >= 0.6 is 0 Å². The number of esters is 2. The minimum absolute atomic E-state index is 0.411. The van der Waals surface area contributed by atoms with Crippen molar-refractivity contribution in [3.8, 4) is 0 Å². The number of methoxy groups -OCH3 is 2. The zero-order valence-corrected chi connectivity index (χ0v) is 13.9. The largest absolute Gasteiger partial charge is 0.466 e. The van der Waals surface area contributed by atoms with E-state index in [9.17, 15) is 9.59 Å². The second kappa shape index (κ2) is 6.64. The van der Waals surface area contributed by atoms with E-state index in [1.165, 1.54) is 14.2 Å². The Balaban J connectivity index is 2.74. The van der Waals surface area contributed by atoms with Crippen LogP contribution in [-0.4, -0.2) is 43.1 Å². The van der Waals surface area contributed by atoms with Crippen LogP contribution in [0, 0.1) is 0 Å². The van der Waals surface area contributed by atoms with Crippen molar-refractivity contribution >= 4 is 11.9 Å². The molecule has 6 heteroatoms. The first-order valence-electron chi connectivity index (χ1n) is 7.15. The van der Waals surface area contributed by atoms with Crippen molar-refractivity contribution < 1.29 is 19.1 Å². The van der Waals surface area contributed by atoms with Gasteiger partial charge in [0, 0.05) is 30.8 Å². The fraction of sp³-hybridized carbons (Fsp3) is 0.353. The number of nitrogens with zero attached hydrogens (tertiary/aromatic N) is 2. The molecule has 0 aliphatic carbocycles. The average molecular weight is 316 g/mol. The third-order valence-electron chi connectivity index (χ3n) is 4.19. The number of carbonyl (C=O) groups excluding carboxylic acids is 2. The Bertz CT molecular complexity index is 652. The Kier molecular flexibility index (Phi) is 4.83. The standard InChI is InChI=1S/C17H20N2O4/c1-10-13(16(20)22-4)15(12-7-6-8-18-9-12)14(17(21)23-5)11(2)19(10)3/h6-9,15H,1-5H3. The number of aromatic nitrogens is 1. The smallest absolute Gasteiger partial charge is 0.336 e. The number of hydrogen-bond donors (Lipinski definition) is 0. The van der Waals surface area contributed by atoms with Gasteiger partial charge >= 0.3 is 11.9 Å². The summed E-state index contributed by atoms with van der Waals surface area (Å²) in [7, 11) is 4.45. The normalized spacial score (nSPS) is 15.8. The van der Waals surface area contributed by atoms with Gasteiger partial charge in [-0.25, -0.2) is 9.59 Å². The van der Waals surface area contributed by atoms with Crippen molar-refractivity contribution in [3.63, 3.8) is 0 Å². The fourth-order valence-corrected chi connectivity index (χ4v) is 2.81. The second-order valence-electron chi connectivity index (χ2n) is 5.26. The molecule has 1 aromatic rings. The number of ether oxygens (including phenoxy) is 2. The van der Waals surface area contributed by atoms with Crippen molar-refractivity contribution in [2.24, 2.45) is 0 Å². The molecule has 0 spiro atoms. The van der Waals surface area contributed by atoms with Gasteiger partial charge in [-0.3, -0.25) is 4.98 Å². The van der Waals surface area contributed by atoms with Crippen LogP contribution in [-0.2, 0) is 19.1 Å². The lowest BCUT2D eigenvalue weighted by Gasteiger charge is -2.35. The lowest BCUT2D eigenvalue weighted by molar-refractivity contribution is -0.137. The molecule has 1 aromatic heterocycles. The molecule has 0 amide bonds. The van der Waals surface area contributed by atoms with Crippen LogP contribution in [0.5, 0.6) is 0 Å². The van der Waals surface area contributed by atoms with Crippen molar-refractivity contribution in [3.05, 3.63) is 52.6 Å². The molecule has 0 aromatic carbocycles. The first-order valence-corrected chi connectivity index (χ1v) is 7.15. The summed E-state index contributed by atoms with van der Waals surface area (Å²) in [6.07, 6.45) is 3.28. The molecule has 2 rings (SSSR count). The highest BCUT2D eigenvalue weighted by atomic mass is 16.5. The first-order chi connectivity index (χ1) is 10.9. The van der Waals surface area contributed by atoms with Gasteiger partial charge in [-0.1, -0.05) is 6.07 Å². The number of hydrogen-bond acceptors (Lipinski definition) is 6. The van der Waals surface area contributed by atoms with Gasteiger partial charge in [-0.05, 0) is 25.5 Å². The second-order valence-corrected chi connectivity index (χ2v) is 5.26. The van der Waals surface area contributed by atoms with E-state index in [-0.39, 0.29) is 0 Å². The maximum Gasteiger partial charge on any atom is 0.336 e. The molecule has 2 heterocycles. The minimum Gasteiger partial charge on any atom is -0.466 e. The van der Waals surface area contributed by atoms with E-state index in [0.29, 0.717) is 11.1 Å². The molecule has 23 heavy (non-hydrogen) atoms. The van der Waals surface area contributed by atoms with Crippen molar-refractivity contribution in [2.75, 3.05) is 21.3 Å². The third kappa shape index (κ3) is 2.84. The third-order valence-corrected chi connectivity index (χ3v) is 4.19. The van der Waals surface area contributed by atoms with Crippen LogP contribution in [0.15, 0.2) is 47.1 Å². The fourth-order valence-electron chi connectivity index (χ4n) is 2.81. The first kappa shape index (κ1) is 16.7. The Morgan fingerprint density at radius 1 is 1.09 bits per heavy atom. The molecule has 0 N–H and O–H groups in total. The molecule has 122 valence electrons. The zero-order valence-electron chi connectivity index (χ0n) is 13.9. The predicted octanol–water partition coefficient (Wildman–Crippen LogP) is 2.00. The molecule has 0 bridgehead atoms. The average Bonchev–Trinajstić information content (AvgIpc) is 2.58. The zero-order chi connectivity index (χ0) is 17.1.